The van der Waals surface area contributed by atoms with E-state index >= 15 is 0 Å². The van der Waals surface area contributed by atoms with Crippen LogP contribution in [0.25, 0.3) is 0 Å². The molecule has 3 aromatic rings. The zero-order valence-corrected chi connectivity index (χ0v) is 26.6. The molecule has 268 valence electrons. The zero-order valence-electron chi connectivity index (χ0n) is 26.6. The number of hydrogen-bond donors (Lipinski definition) is 1. The van der Waals surface area contributed by atoms with Crippen molar-refractivity contribution in [1.82, 2.24) is 20.2 Å². The molecule has 0 bridgehead atoms. The summed E-state index contributed by atoms with van der Waals surface area (Å²) in [5.41, 5.74) is -3.66. The minimum atomic E-state index is -5.08. The molecule has 1 aliphatic heterocycles. The van der Waals surface area contributed by atoms with Gasteiger partial charge in [-0.2, -0.15) is 44.3 Å². The molecule has 2 aromatic carbocycles. The lowest BCUT2D eigenvalue weighted by atomic mass is 9.80. The van der Waals surface area contributed by atoms with Crippen LogP contribution in [0.5, 0.6) is 0 Å². The molecule has 0 unspecified atom stereocenters. The first-order chi connectivity index (χ1) is 22.8. The molecule has 0 radical (unpaired) electrons. The van der Waals surface area contributed by atoms with E-state index in [0.717, 1.165) is 10.9 Å². The van der Waals surface area contributed by atoms with Gasteiger partial charge in [0.25, 0.3) is 5.95 Å². The Morgan fingerprint density at radius 3 is 2.02 bits per heavy atom. The van der Waals surface area contributed by atoms with Gasteiger partial charge in [0.15, 0.2) is 0 Å². The Hall–Kier alpha value is -4.05. The van der Waals surface area contributed by atoms with Crippen molar-refractivity contribution in [2.75, 3.05) is 22.9 Å². The molecule has 0 saturated heterocycles. The number of rotatable bonds is 8. The first kappa shape index (κ1) is 36.2. The molecule has 1 aromatic heterocycles. The number of tetrazole rings is 1. The van der Waals surface area contributed by atoms with Gasteiger partial charge in [-0.05, 0) is 103 Å². The predicted octanol–water partition coefficient (Wildman–Crippen LogP) is 8.20. The Bertz CT molecular complexity index is 1610. The third-order valence-corrected chi connectivity index (χ3v) is 9.32. The molecule has 49 heavy (non-hydrogen) atoms. The van der Waals surface area contributed by atoms with Gasteiger partial charge >= 0.3 is 24.5 Å². The lowest BCUT2D eigenvalue weighted by molar-refractivity contribution is -0.143. The highest BCUT2D eigenvalue weighted by molar-refractivity contribution is 5.67. The predicted molar refractivity (Wildman–Crippen MR) is 159 cm³/mol. The molecule has 0 amide bonds. The average Bonchev–Trinajstić information content (AvgIpc) is 3.35. The summed E-state index contributed by atoms with van der Waals surface area (Å²) in [6, 6.07) is 2.85. The Balaban J connectivity index is 1.58. The Labute approximate surface area is 275 Å². The summed E-state index contributed by atoms with van der Waals surface area (Å²) in [4.78, 5) is 15.5. The van der Waals surface area contributed by atoms with E-state index in [0.29, 0.717) is 62.9 Å². The van der Waals surface area contributed by atoms with Gasteiger partial charge in [-0.3, -0.25) is 4.79 Å². The molecule has 17 heteroatoms. The van der Waals surface area contributed by atoms with Crippen molar-refractivity contribution in [1.29, 1.82) is 0 Å². The molecule has 1 saturated carbocycles. The van der Waals surface area contributed by atoms with Gasteiger partial charge in [0.2, 0.25) is 0 Å². The van der Waals surface area contributed by atoms with Crippen LogP contribution in [0, 0.1) is 18.8 Å². The van der Waals surface area contributed by atoms with E-state index in [4.69, 9.17) is 0 Å². The number of alkyl halides is 9. The highest BCUT2D eigenvalue weighted by Gasteiger charge is 2.40. The topological polar surface area (TPSA) is 87.4 Å². The number of fused-ring (bicyclic) bond motifs is 1. The van der Waals surface area contributed by atoms with E-state index < -0.39 is 53.8 Å². The Morgan fingerprint density at radius 2 is 1.49 bits per heavy atom. The fraction of sp³-hybridized carbons (Fsp3) is 0.562. The van der Waals surface area contributed by atoms with Crippen molar-refractivity contribution in [3.63, 3.8) is 0 Å². The SMILES string of the molecule is Cc1cc2c(cc1C(F)(F)F)N(C[C@H]1CC[C@H](CC(=O)O)CC1)CCC[C@@H]2N(Cc1cc(C(F)(F)F)cc(C(F)(F)F)c1)c1nnn(C)n1. The van der Waals surface area contributed by atoms with Crippen molar-refractivity contribution in [2.45, 2.75) is 83.0 Å². The van der Waals surface area contributed by atoms with Gasteiger partial charge in [-0.25, -0.2) is 0 Å². The maximum atomic E-state index is 14.2. The molecule has 1 atom stereocenters. The number of benzene rings is 2. The number of nitrogens with zero attached hydrogens (tertiary/aromatic N) is 6. The fourth-order valence-electron chi connectivity index (χ4n) is 7.02. The summed E-state index contributed by atoms with van der Waals surface area (Å²) in [5.74, 6) is -0.899. The van der Waals surface area contributed by atoms with Crippen LogP contribution < -0.4 is 9.80 Å². The number of carboxylic acids is 1. The largest absolute Gasteiger partial charge is 0.481 e. The Morgan fingerprint density at radius 1 is 0.878 bits per heavy atom. The fourth-order valence-corrected chi connectivity index (χ4v) is 7.02. The van der Waals surface area contributed by atoms with Crippen molar-refractivity contribution in [3.05, 3.63) is 63.7 Å². The van der Waals surface area contributed by atoms with E-state index in [-0.39, 0.29) is 53.5 Å². The van der Waals surface area contributed by atoms with Gasteiger partial charge in [0, 0.05) is 31.7 Å². The molecule has 1 fully saturated rings. The van der Waals surface area contributed by atoms with Crippen LogP contribution in [0.2, 0.25) is 0 Å². The second-order valence-electron chi connectivity index (χ2n) is 12.9. The van der Waals surface area contributed by atoms with Crippen LogP contribution in [0.15, 0.2) is 30.3 Å². The first-order valence-corrected chi connectivity index (χ1v) is 15.8. The number of aryl methyl sites for hydroxylation is 2. The number of carbonyl (C=O) groups is 1. The van der Waals surface area contributed by atoms with Gasteiger partial charge in [-0.1, -0.05) is 11.2 Å². The smallest absolute Gasteiger partial charge is 0.416 e. The third kappa shape index (κ3) is 8.58. The second kappa shape index (κ2) is 13.7. The molecule has 1 N–H and O–H groups in total. The standard InChI is InChI=1S/C32H35F9N6O2/c1-18-10-24-26(47(29-42-44-45(2)43-29)17-21-11-22(30(33,34)35)14-23(12-21)31(36,37)38)4-3-9-46(27(24)15-25(18)32(39,40)41)16-20-7-5-19(6-8-20)13-28(48)49/h10-12,14-15,19-20,26H,3-9,13,16-17H2,1-2H3,(H,48,49)/t19-,20-,26-/m0/s1. The van der Waals surface area contributed by atoms with Crippen LogP contribution >= 0.6 is 0 Å². The summed E-state index contributed by atoms with van der Waals surface area (Å²) in [5, 5.41) is 21.2. The summed E-state index contributed by atoms with van der Waals surface area (Å²) < 4.78 is 125. The van der Waals surface area contributed by atoms with E-state index in [1.807, 2.05) is 4.90 Å². The van der Waals surface area contributed by atoms with Crippen molar-refractivity contribution in [3.8, 4) is 0 Å². The molecule has 2 heterocycles. The van der Waals surface area contributed by atoms with Crippen LogP contribution in [-0.2, 0) is 36.9 Å². The summed E-state index contributed by atoms with van der Waals surface area (Å²) in [7, 11) is 1.43. The number of hydrogen-bond acceptors (Lipinski definition) is 6. The van der Waals surface area contributed by atoms with Gasteiger partial charge < -0.3 is 14.9 Å². The number of carboxylic acid groups (broad SMARTS) is 1. The monoisotopic (exact) mass is 706 g/mol. The minimum absolute atomic E-state index is 0.0239. The summed E-state index contributed by atoms with van der Waals surface area (Å²) in [6.07, 6.45) is -11.4. The number of anilines is 2. The third-order valence-electron chi connectivity index (χ3n) is 9.32. The molecule has 1 aliphatic carbocycles. The number of aliphatic carboxylic acids is 1. The van der Waals surface area contributed by atoms with Crippen LogP contribution in [0.4, 0.5) is 51.1 Å². The zero-order chi connectivity index (χ0) is 35.9. The molecule has 2 aliphatic rings. The van der Waals surface area contributed by atoms with Gasteiger partial charge in [0.05, 0.1) is 29.8 Å². The molecule has 5 rings (SSSR count). The quantitative estimate of drug-likeness (QED) is 0.237. The summed E-state index contributed by atoms with van der Waals surface area (Å²) in [6.45, 7) is 1.50. The Kier molecular flexibility index (Phi) is 10.1. The van der Waals surface area contributed by atoms with E-state index in [1.165, 1.54) is 24.9 Å². The maximum absolute atomic E-state index is 14.2. The van der Waals surface area contributed by atoms with Crippen molar-refractivity contribution >= 4 is 17.6 Å². The highest BCUT2D eigenvalue weighted by atomic mass is 19.4. The van der Waals surface area contributed by atoms with E-state index in [9.17, 15) is 49.4 Å². The lowest BCUT2D eigenvalue weighted by Crippen LogP contribution is -2.33. The average molecular weight is 707 g/mol. The van der Waals surface area contributed by atoms with Crippen molar-refractivity contribution in [2.24, 2.45) is 18.9 Å². The van der Waals surface area contributed by atoms with Crippen LogP contribution in [0.1, 0.15) is 84.4 Å². The first-order valence-electron chi connectivity index (χ1n) is 15.8. The lowest BCUT2D eigenvalue weighted by Gasteiger charge is -2.35. The number of aromatic nitrogens is 4. The minimum Gasteiger partial charge on any atom is -0.481 e. The van der Waals surface area contributed by atoms with Gasteiger partial charge in [0.1, 0.15) is 0 Å². The molecule has 0 spiro atoms. The van der Waals surface area contributed by atoms with Crippen molar-refractivity contribution < 1.29 is 49.4 Å². The normalized spacial score (nSPS) is 20.6. The van der Waals surface area contributed by atoms with Crippen LogP contribution in [-0.4, -0.2) is 44.4 Å². The molecular formula is C32H35F9N6O2. The summed E-state index contributed by atoms with van der Waals surface area (Å²) >= 11 is 0. The maximum Gasteiger partial charge on any atom is 0.416 e. The second-order valence-corrected chi connectivity index (χ2v) is 12.9. The van der Waals surface area contributed by atoms with Gasteiger partial charge in [-0.15, -0.1) is 5.10 Å². The van der Waals surface area contributed by atoms with E-state index in [1.54, 1.807) is 0 Å². The highest BCUT2D eigenvalue weighted by Crippen LogP contribution is 2.45. The van der Waals surface area contributed by atoms with E-state index in [2.05, 4.69) is 15.4 Å². The molecular weight excluding hydrogens is 671 g/mol. The molecule has 8 nitrogen and oxygen atoms in total. The number of halogens is 9. The van der Waals surface area contributed by atoms with Crippen LogP contribution in [0.3, 0.4) is 0 Å².